The molecule has 9 heterocycles. The molecule has 0 bridgehead atoms. The highest BCUT2D eigenvalue weighted by molar-refractivity contribution is 8.00. The monoisotopic (exact) mass is 568 g/mol. The topological polar surface area (TPSA) is 42.8 Å². The van der Waals surface area contributed by atoms with Crippen LogP contribution in [0.3, 0.4) is 0 Å². The second-order valence-corrected chi connectivity index (χ2v) is 14.3. The van der Waals surface area contributed by atoms with Gasteiger partial charge >= 0.3 is 5.66 Å². The first kappa shape index (κ1) is 20.5. The second-order valence-electron chi connectivity index (χ2n) is 12.1. The van der Waals surface area contributed by atoms with Crippen LogP contribution < -0.4 is 46.9 Å². The van der Waals surface area contributed by atoms with E-state index in [1.165, 1.54) is 86.0 Å². The Labute approximate surface area is 248 Å². The molecule has 188 valence electrons. The Kier molecular flexibility index (Phi) is 3.04. The lowest BCUT2D eigenvalue weighted by molar-refractivity contribution is -0.960. The van der Waals surface area contributed by atoms with E-state index in [0.29, 0.717) is 0 Å². The average molecular weight is 568 g/mol. The molecular weight excluding hydrogens is 554 g/mol. The molecule has 2 aromatic heterocycles. The summed E-state index contributed by atoms with van der Waals surface area (Å²) in [5.74, 6) is 1.86. The third-order valence-electron chi connectivity index (χ3n) is 10.6. The predicted molar refractivity (Wildman–Crippen MR) is 162 cm³/mol. The van der Waals surface area contributed by atoms with Crippen molar-refractivity contribution in [3.8, 4) is 33.8 Å². The van der Waals surface area contributed by atoms with E-state index in [4.69, 9.17) is 14.7 Å². The minimum Gasteiger partial charge on any atom is -0.456 e. The van der Waals surface area contributed by atoms with Gasteiger partial charge in [0.05, 0.1) is 33.4 Å². The van der Waals surface area contributed by atoms with Gasteiger partial charge < -0.3 is 4.74 Å². The van der Waals surface area contributed by atoms with E-state index >= 15 is 0 Å². The normalized spacial score (nSPS) is 17.1. The molecule has 9 heteroatoms. The molecule has 0 atom stereocenters. The lowest BCUT2D eigenvalue weighted by atomic mass is 9.34. The summed E-state index contributed by atoms with van der Waals surface area (Å²) >= 11 is 3.80. The molecule has 0 unspecified atom stereocenters. The van der Waals surface area contributed by atoms with Gasteiger partial charge in [0.15, 0.2) is 0 Å². The van der Waals surface area contributed by atoms with E-state index in [9.17, 15) is 0 Å². The smallest absolute Gasteiger partial charge is 0.310 e. The van der Waals surface area contributed by atoms with Crippen LogP contribution >= 0.6 is 23.5 Å². The summed E-state index contributed by atoms with van der Waals surface area (Å²) in [4.78, 5) is 15.3. The maximum absolute atomic E-state index is 6.96. The quantitative estimate of drug-likeness (QED) is 0.202. The second kappa shape index (κ2) is 6.21. The lowest BCUT2D eigenvalue weighted by Gasteiger charge is -2.47. The Morgan fingerprint density at radius 1 is 0.571 bits per heavy atom. The van der Waals surface area contributed by atoms with Crippen molar-refractivity contribution in [3.63, 3.8) is 0 Å². The van der Waals surface area contributed by atoms with Crippen molar-refractivity contribution in [2.45, 2.75) is 25.2 Å². The third kappa shape index (κ3) is 1.82. The molecule has 6 aromatic rings. The first-order valence-corrected chi connectivity index (χ1v) is 15.9. The van der Waals surface area contributed by atoms with E-state index in [1.807, 2.05) is 23.5 Å². The van der Waals surface area contributed by atoms with Gasteiger partial charge in [-0.15, -0.1) is 0 Å². The number of ether oxygens (including phenoxy) is 1. The standard InChI is InChI=1S/C33H14B2N4OS2/c1-3-15-17-11-36-13-38-31(17)34-27(15)21(5-1)41-23-9-7-19-25(29(23)34)33(38)26-20(40-19)8-10-24-30(26)35-28-16(4-2-6-22(28)42-24)18-12-37-14-39(33)32(18)35/h1-14H/q+2. The van der Waals surface area contributed by atoms with Crippen LogP contribution in [0.4, 0.5) is 0 Å². The van der Waals surface area contributed by atoms with Gasteiger partial charge in [0.2, 0.25) is 0 Å². The van der Waals surface area contributed by atoms with Crippen LogP contribution in [-0.4, -0.2) is 23.4 Å². The molecule has 0 aliphatic carbocycles. The first-order chi connectivity index (χ1) is 20.8. The largest absolute Gasteiger partial charge is 0.456 e. The number of hydrogen-bond acceptors (Lipinski definition) is 5. The van der Waals surface area contributed by atoms with E-state index < -0.39 is 5.66 Å². The fourth-order valence-corrected chi connectivity index (χ4v) is 11.8. The third-order valence-corrected chi connectivity index (χ3v) is 12.9. The molecule has 7 aliphatic heterocycles. The van der Waals surface area contributed by atoms with Gasteiger partial charge in [0.25, 0.3) is 26.1 Å². The van der Waals surface area contributed by atoms with E-state index in [1.54, 1.807) is 0 Å². The Bertz CT molecular complexity index is 2280. The zero-order chi connectivity index (χ0) is 26.6. The van der Waals surface area contributed by atoms with Crippen molar-refractivity contribution >= 4 is 70.0 Å². The molecular formula is C33H14B2N4OS2+2. The molecule has 0 fully saturated rings. The van der Waals surface area contributed by atoms with Crippen LogP contribution in [0.15, 0.2) is 105 Å². The fourth-order valence-electron chi connectivity index (χ4n) is 9.43. The van der Waals surface area contributed by atoms with Crippen molar-refractivity contribution in [3.05, 3.63) is 96.8 Å². The van der Waals surface area contributed by atoms with Crippen molar-refractivity contribution in [2.24, 2.45) is 0 Å². The summed E-state index contributed by atoms with van der Waals surface area (Å²) in [6.07, 6.45) is 8.32. The summed E-state index contributed by atoms with van der Waals surface area (Å²) in [7, 11) is 0. The highest BCUT2D eigenvalue weighted by Gasteiger charge is 2.69. The number of rotatable bonds is 0. The summed E-state index contributed by atoms with van der Waals surface area (Å²) in [5, 5.41) is 0. The molecule has 1 spiro atoms. The molecule has 4 aromatic carbocycles. The van der Waals surface area contributed by atoms with Gasteiger partial charge in [-0.05, 0) is 69.4 Å². The zero-order valence-electron chi connectivity index (χ0n) is 21.8. The van der Waals surface area contributed by atoms with Crippen LogP contribution in [0.2, 0.25) is 0 Å². The number of fused-ring (bicyclic) bond motifs is 2. The van der Waals surface area contributed by atoms with Crippen LogP contribution in [0.1, 0.15) is 11.1 Å². The fraction of sp³-hybridized carbons (Fsp3) is 0.0303. The maximum Gasteiger partial charge on any atom is 0.310 e. The van der Waals surface area contributed by atoms with Crippen LogP contribution in [0.5, 0.6) is 11.5 Å². The molecule has 7 aliphatic rings. The Hall–Kier alpha value is -4.33. The molecule has 5 nitrogen and oxygen atoms in total. The van der Waals surface area contributed by atoms with Crippen LogP contribution in [-0.2, 0) is 5.66 Å². The Morgan fingerprint density at radius 2 is 1.07 bits per heavy atom. The predicted octanol–water partition coefficient (Wildman–Crippen LogP) is 1.00. The van der Waals surface area contributed by atoms with Gasteiger partial charge in [-0.3, -0.25) is 0 Å². The molecule has 0 radical (unpaired) electrons. The highest BCUT2D eigenvalue weighted by atomic mass is 32.2. The minimum atomic E-state index is -0.705. The number of benzene rings is 4. The number of nitrogens with zero attached hydrogens (tertiary/aromatic N) is 4. The summed E-state index contributed by atoms with van der Waals surface area (Å²) in [6.45, 7) is 0.300. The Balaban J connectivity index is 1.32. The van der Waals surface area contributed by atoms with Gasteiger partial charge in [-0.2, -0.15) is 9.13 Å². The van der Waals surface area contributed by atoms with Gasteiger partial charge in [-0.1, -0.05) is 57.8 Å². The summed E-state index contributed by atoms with van der Waals surface area (Å²) in [6, 6.07) is 22.5. The molecule has 0 amide bonds. The lowest BCUT2D eigenvalue weighted by Crippen LogP contribution is -2.93. The van der Waals surface area contributed by atoms with Crippen LogP contribution in [0.25, 0.3) is 22.3 Å². The first-order valence-electron chi connectivity index (χ1n) is 14.3. The molecule has 0 N–H and O–H groups in total. The number of hydrogen-bond donors (Lipinski definition) is 0. The zero-order valence-corrected chi connectivity index (χ0v) is 23.4. The van der Waals surface area contributed by atoms with Gasteiger partial charge in [0.1, 0.15) is 23.9 Å². The molecule has 13 rings (SSSR count). The van der Waals surface area contributed by atoms with Gasteiger partial charge in [-0.25, -0.2) is 0 Å². The summed E-state index contributed by atoms with van der Waals surface area (Å²) in [5.41, 5.74) is 15.1. The highest BCUT2D eigenvalue weighted by Crippen LogP contribution is 2.51. The molecule has 42 heavy (non-hydrogen) atoms. The minimum absolute atomic E-state index is 0.150. The van der Waals surface area contributed by atoms with E-state index in [2.05, 4.69) is 94.8 Å². The van der Waals surface area contributed by atoms with E-state index in [-0.39, 0.29) is 13.4 Å². The van der Waals surface area contributed by atoms with E-state index in [0.717, 1.165) is 11.5 Å². The van der Waals surface area contributed by atoms with Crippen molar-refractivity contribution in [1.82, 2.24) is 9.97 Å². The van der Waals surface area contributed by atoms with Crippen molar-refractivity contribution in [1.29, 1.82) is 0 Å². The van der Waals surface area contributed by atoms with Gasteiger partial charge in [0, 0.05) is 19.6 Å². The SMILES string of the molecule is c1cc2c3c(c1)-c1cnc[n+]4c1B3c1c(ccc3c1C41c4c(ccc5c4B4c6c(cccc6-c6cnc[n+]1c64)S5)O3)S2. The molecule has 0 saturated carbocycles. The Morgan fingerprint density at radius 3 is 1.60 bits per heavy atom. The average Bonchev–Trinajstić information content (AvgIpc) is 3.56. The van der Waals surface area contributed by atoms with Crippen molar-refractivity contribution < 1.29 is 13.9 Å². The number of aromatic nitrogens is 4. The van der Waals surface area contributed by atoms with Crippen LogP contribution in [0, 0.1) is 0 Å². The maximum atomic E-state index is 6.96. The molecule has 0 saturated heterocycles. The summed E-state index contributed by atoms with van der Waals surface area (Å²) < 4.78 is 12.0. The van der Waals surface area contributed by atoms with Crippen molar-refractivity contribution in [2.75, 3.05) is 0 Å².